The fourth-order valence-electron chi connectivity index (χ4n) is 3.46. The average molecular weight is 357 g/mol. The van der Waals surface area contributed by atoms with E-state index >= 15 is 0 Å². The zero-order valence-electron chi connectivity index (χ0n) is 16.5. The highest BCUT2D eigenvalue weighted by Gasteiger charge is 2.18. The van der Waals surface area contributed by atoms with Crippen LogP contribution in [0.15, 0.2) is 23.0 Å². The van der Waals surface area contributed by atoms with Gasteiger partial charge in [-0.25, -0.2) is 0 Å². The standard InChI is InChI=1S/C21H31N3O2/c1-5-23-8-10-24(11-9-23)13-19-16(4)22-20-7-6-17(26-14-15(2)3)12-18(20)21(19)25/h6-7,12,15H,5,8-11,13-14H2,1-4H3,(H,22,25). The van der Waals surface area contributed by atoms with Crippen LogP contribution in [0.3, 0.4) is 0 Å². The first-order valence-electron chi connectivity index (χ1n) is 9.71. The van der Waals surface area contributed by atoms with Crippen LogP contribution in [0.4, 0.5) is 0 Å². The molecule has 0 spiro atoms. The van der Waals surface area contributed by atoms with Crippen molar-refractivity contribution in [2.45, 2.75) is 34.2 Å². The van der Waals surface area contributed by atoms with Crippen LogP contribution in [0.25, 0.3) is 10.9 Å². The Morgan fingerprint density at radius 3 is 2.50 bits per heavy atom. The van der Waals surface area contributed by atoms with E-state index < -0.39 is 0 Å². The zero-order chi connectivity index (χ0) is 18.7. The van der Waals surface area contributed by atoms with E-state index in [0.29, 0.717) is 19.1 Å². The van der Waals surface area contributed by atoms with Crippen LogP contribution >= 0.6 is 0 Å². The van der Waals surface area contributed by atoms with Crippen molar-refractivity contribution in [3.8, 4) is 5.75 Å². The number of hydrogen-bond donors (Lipinski definition) is 1. The number of fused-ring (bicyclic) bond motifs is 1. The molecule has 0 atom stereocenters. The molecule has 1 aromatic heterocycles. The smallest absolute Gasteiger partial charge is 0.194 e. The van der Waals surface area contributed by atoms with Crippen LogP contribution < -0.4 is 10.2 Å². The maximum Gasteiger partial charge on any atom is 0.194 e. The lowest BCUT2D eigenvalue weighted by atomic mass is 10.1. The molecular weight excluding hydrogens is 326 g/mol. The lowest BCUT2D eigenvalue weighted by Gasteiger charge is -2.34. The Kier molecular flexibility index (Phi) is 5.99. The van der Waals surface area contributed by atoms with Crippen LogP contribution in [-0.2, 0) is 6.54 Å². The van der Waals surface area contributed by atoms with E-state index in [1.54, 1.807) is 0 Å². The summed E-state index contributed by atoms with van der Waals surface area (Å²) in [6.45, 7) is 15.1. The topological polar surface area (TPSA) is 48.6 Å². The number of H-pyrrole nitrogens is 1. The van der Waals surface area contributed by atoms with Gasteiger partial charge in [0.05, 0.1) is 6.61 Å². The third-order valence-corrected chi connectivity index (χ3v) is 5.16. The molecule has 0 saturated carbocycles. The lowest BCUT2D eigenvalue weighted by Crippen LogP contribution is -2.46. The van der Waals surface area contributed by atoms with Crippen molar-refractivity contribution in [1.82, 2.24) is 14.8 Å². The van der Waals surface area contributed by atoms with E-state index in [-0.39, 0.29) is 5.43 Å². The quantitative estimate of drug-likeness (QED) is 0.863. The summed E-state index contributed by atoms with van der Waals surface area (Å²) in [5.74, 6) is 1.22. The van der Waals surface area contributed by atoms with Gasteiger partial charge in [0.15, 0.2) is 5.43 Å². The first kappa shape index (κ1) is 18.9. The molecule has 2 aromatic rings. The number of ether oxygens (including phenoxy) is 1. The van der Waals surface area contributed by atoms with Gasteiger partial charge in [0.25, 0.3) is 0 Å². The molecule has 1 aliphatic rings. The van der Waals surface area contributed by atoms with E-state index in [9.17, 15) is 4.79 Å². The fourth-order valence-corrected chi connectivity index (χ4v) is 3.46. The summed E-state index contributed by atoms with van der Waals surface area (Å²) in [6.07, 6.45) is 0. The maximum absolute atomic E-state index is 13.1. The van der Waals surface area contributed by atoms with Crippen molar-refractivity contribution in [1.29, 1.82) is 0 Å². The molecule has 1 aromatic carbocycles. The van der Waals surface area contributed by atoms with Gasteiger partial charge >= 0.3 is 0 Å². The maximum atomic E-state index is 13.1. The summed E-state index contributed by atoms with van der Waals surface area (Å²) in [4.78, 5) is 21.4. The van der Waals surface area contributed by atoms with Gasteiger partial charge in [-0.3, -0.25) is 9.69 Å². The van der Waals surface area contributed by atoms with Crippen LogP contribution in [0.5, 0.6) is 5.75 Å². The summed E-state index contributed by atoms with van der Waals surface area (Å²) < 4.78 is 5.81. The molecule has 26 heavy (non-hydrogen) atoms. The Bertz CT molecular complexity index is 805. The molecule has 5 heteroatoms. The number of likely N-dealkylation sites (N-methyl/N-ethyl adjacent to an activating group) is 1. The molecule has 0 bridgehead atoms. The van der Waals surface area contributed by atoms with Crippen molar-refractivity contribution in [3.05, 3.63) is 39.7 Å². The number of pyridine rings is 1. The van der Waals surface area contributed by atoms with Gasteiger partial charge in [0, 0.05) is 54.9 Å². The van der Waals surface area contributed by atoms with Crippen molar-refractivity contribution in [3.63, 3.8) is 0 Å². The van der Waals surface area contributed by atoms with E-state index in [2.05, 4.69) is 35.6 Å². The molecule has 5 nitrogen and oxygen atoms in total. The van der Waals surface area contributed by atoms with Crippen molar-refractivity contribution >= 4 is 10.9 Å². The highest BCUT2D eigenvalue weighted by Crippen LogP contribution is 2.20. The molecule has 0 amide bonds. The highest BCUT2D eigenvalue weighted by atomic mass is 16.5. The predicted octanol–water partition coefficient (Wildman–Crippen LogP) is 3.01. The normalized spacial score (nSPS) is 16.5. The highest BCUT2D eigenvalue weighted by molar-refractivity contribution is 5.81. The number of benzene rings is 1. The number of aromatic nitrogens is 1. The zero-order valence-corrected chi connectivity index (χ0v) is 16.5. The Balaban J connectivity index is 1.84. The minimum atomic E-state index is 0.129. The first-order chi connectivity index (χ1) is 12.5. The molecule has 1 saturated heterocycles. The fraction of sp³-hybridized carbons (Fsp3) is 0.571. The second-order valence-corrected chi connectivity index (χ2v) is 7.68. The number of aryl methyl sites for hydroxylation is 1. The molecule has 0 aliphatic carbocycles. The Hall–Kier alpha value is -1.85. The molecular formula is C21H31N3O2. The van der Waals surface area contributed by atoms with Crippen molar-refractivity contribution < 1.29 is 4.74 Å². The van der Waals surface area contributed by atoms with Crippen LogP contribution in [0.2, 0.25) is 0 Å². The van der Waals surface area contributed by atoms with Crippen LogP contribution in [0.1, 0.15) is 32.0 Å². The average Bonchev–Trinajstić information content (AvgIpc) is 2.64. The Labute approximate surface area is 156 Å². The number of rotatable bonds is 6. The number of nitrogens with zero attached hydrogens (tertiary/aromatic N) is 2. The molecule has 0 radical (unpaired) electrons. The van der Waals surface area contributed by atoms with Gasteiger partial charge in [-0.15, -0.1) is 0 Å². The molecule has 142 valence electrons. The van der Waals surface area contributed by atoms with Crippen LogP contribution in [0, 0.1) is 12.8 Å². The summed E-state index contributed by atoms with van der Waals surface area (Å²) in [6, 6.07) is 5.77. The largest absolute Gasteiger partial charge is 0.493 e. The van der Waals surface area contributed by atoms with Gasteiger partial charge in [0.1, 0.15) is 5.75 Å². The first-order valence-corrected chi connectivity index (χ1v) is 9.71. The number of piperazine rings is 1. The number of nitrogens with one attached hydrogen (secondary N) is 1. The number of hydrogen-bond acceptors (Lipinski definition) is 4. The predicted molar refractivity (Wildman–Crippen MR) is 107 cm³/mol. The SMILES string of the molecule is CCN1CCN(Cc2c(C)[nH]c3ccc(OCC(C)C)cc3c2=O)CC1. The summed E-state index contributed by atoms with van der Waals surface area (Å²) in [7, 11) is 0. The van der Waals surface area contributed by atoms with E-state index in [4.69, 9.17) is 4.74 Å². The van der Waals surface area contributed by atoms with Crippen LogP contribution in [-0.4, -0.2) is 54.1 Å². The molecule has 2 heterocycles. The third-order valence-electron chi connectivity index (χ3n) is 5.16. The van der Waals surface area contributed by atoms with Gasteiger partial charge in [-0.2, -0.15) is 0 Å². The second-order valence-electron chi connectivity index (χ2n) is 7.68. The van der Waals surface area contributed by atoms with Gasteiger partial charge in [-0.1, -0.05) is 20.8 Å². The molecule has 0 unspecified atom stereocenters. The van der Waals surface area contributed by atoms with E-state index in [0.717, 1.165) is 60.6 Å². The van der Waals surface area contributed by atoms with E-state index in [1.807, 2.05) is 25.1 Å². The lowest BCUT2D eigenvalue weighted by molar-refractivity contribution is 0.131. The van der Waals surface area contributed by atoms with Gasteiger partial charge in [0.2, 0.25) is 0 Å². The van der Waals surface area contributed by atoms with Crippen molar-refractivity contribution in [2.24, 2.45) is 5.92 Å². The summed E-state index contributed by atoms with van der Waals surface area (Å²) in [5.41, 5.74) is 2.85. The summed E-state index contributed by atoms with van der Waals surface area (Å²) in [5, 5.41) is 0.721. The van der Waals surface area contributed by atoms with Gasteiger partial charge in [-0.05, 0) is 37.6 Å². The minimum Gasteiger partial charge on any atom is -0.493 e. The van der Waals surface area contributed by atoms with E-state index in [1.165, 1.54) is 0 Å². The Morgan fingerprint density at radius 1 is 1.15 bits per heavy atom. The molecule has 1 aliphatic heterocycles. The second kappa shape index (κ2) is 8.23. The minimum absolute atomic E-state index is 0.129. The Morgan fingerprint density at radius 2 is 1.85 bits per heavy atom. The number of aromatic amines is 1. The molecule has 3 rings (SSSR count). The summed E-state index contributed by atoms with van der Waals surface area (Å²) >= 11 is 0. The monoisotopic (exact) mass is 357 g/mol. The molecule has 1 N–H and O–H groups in total. The third kappa shape index (κ3) is 4.27. The van der Waals surface area contributed by atoms with Crippen molar-refractivity contribution in [2.75, 3.05) is 39.3 Å². The molecule has 1 fully saturated rings. The van der Waals surface area contributed by atoms with Gasteiger partial charge < -0.3 is 14.6 Å².